The minimum Gasteiger partial charge on any atom is -0.311 e. The molecular weight excluding hydrogens is 350 g/mol. The lowest BCUT2D eigenvalue weighted by Crippen LogP contribution is -2.46. The quantitative estimate of drug-likeness (QED) is 0.254. The molecule has 0 spiro atoms. The van der Waals surface area contributed by atoms with Gasteiger partial charge in [-0.05, 0) is 80.5 Å². The predicted octanol–water partition coefficient (Wildman–Crippen LogP) is 8.37. The van der Waals surface area contributed by atoms with Crippen LogP contribution in [0.3, 0.4) is 0 Å². The van der Waals surface area contributed by atoms with Gasteiger partial charge >= 0.3 is 0 Å². The lowest BCUT2D eigenvalue weighted by atomic mass is 9.74. The number of hydrogen-bond donors (Lipinski definition) is 1. The molecule has 1 heteroatoms. The van der Waals surface area contributed by atoms with Gasteiger partial charge in [0.2, 0.25) is 0 Å². The summed E-state index contributed by atoms with van der Waals surface area (Å²) in [4.78, 5) is 0. The van der Waals surface area contributed by atoms with Crippen molar-refractivity contribution in [3.63, 3.8) is 0 Å². The third kappa shape index (κ3) is 9.86. The second-order valence-electron chi connectivity index (χ2n) is 10.8. The molecular formula is C28H55N. The summed E-state index contributed by atoms with van der Waals surface area (Å²) in [5.74, 6) is 5.53. The van der Waals surface area contributed by atoms with E-state index in [-0.39, 0.29) is 0 Å². The summed E-state index contributed by atoms with van der Waals surface area (Å²) in [7, 11) is 0. The second-order valence-corrected chi connectivity index (χ2v) is 10.8. The number of nitrogens with one attached hydrogen (secondary N) is 1. The zero-order valence-electron chi connectivity index (χ0n) is 21.7. The Morgan fingerprint density at radius 1 is 0.793 bits per heavy atom. The smallest absolute Gasteiger partial charge is 0.0107 e. The van der Waals surface area contributed by atoms with Crippen LogP contribution < -0.4 is 5.32 Å². The molecule has 0 aromatic carbocycles. The molecule has 0 saturated carbocycles. The number of allylic oxidation sites excluding steroid dienone is 1. The first kappa shape index (κ1) is 28.4. The standard InChI is InChI=1S/C28H55N/c1-13-16-26(14-2)18-21(8)22(9)23(10)24(11)29-25(12)27(15-3)28(20(6)7)17-19(4)5/h13,15,19-29H,1,3,14,16-18H2,2,4-12H3. The van der Waals surface area contributed by atoms with Crippen molar-refractivity contribution in [3.05, 3.63) is 25.3 Å². The molecule has 29 heavy (non-hydrogen) atoms. The van der Waals surface area contributed by atoms with Crippen molar-refractivity contribution < 1.29 is 0 Å². The average molecular weight is 406 g/mol. The van der Waals surface area contributed by atoms with Gasteiger partial charge in [-0.25, -0.2) is 0 Å². The van der Waals surface area contributed by atoms with Crippen LogP contribution in [0.15, 0.2) is 25.3 Å². The van der Waals surface area contributed by atoms with Crippen molar-refractivity contribution in [1.82, 2.24) is 5.32 Å². The monoisotopic (exact) mass is 405 g/mol. The van der Waals surface area contributed by atoms with Crippen LogP contribution in [0.1, 0.15) is 94.9 Å². The van der Waals surface area contributed by atoms with Gasteiger partial charge in [0.1, 0.15) is 0 Å². The van der Waals surface area contributed by atoms with Crippen LogP contribution in [-0.4, -0.2) is 12.1 Å². The molecule has 0 fully saturated rings. The van der Waals surface area contributed by atoms with Crippen molar-refractivity contribution in [2.24, 2.45) is 47.3 Å². The fourth-order valence-corrected chi connectivity index (χ4v) is 5.22. The van der Waals surface area contributed by atoms with E-state index in [1.165, 1.54) is 19.3 Å². The van der Waals surface area contributed by atoms with Gasteiger partial charge in [-0.15, -0.1) is 13.2 Å². The SMILES string of the molecule is C=CCC(CC)CC(C)C(C)C(C)C(C)NC(C)C(C=C)C(CC(C)C)C(C)C. The molecule has 1 nitrogen and oxygen atoms in total. The largest absolute Gasteiger partial charge is 0.311 e. The Labute approximate surface area is 185 Å². The second kappa shape index (κ2) is 14.4. The molecule has 0 aliphatic carbocycles. The molecule has 172 valence electrons. The van der Waals surface area contributed by atoms with Gasteiger partial charge in [-0.3, -0.25) is 0 Å². The highest BCUT2D eigenvalue weighted by molar-refractivity contribution is 4.94. The van der Waals surface area contributed by atoms with E-state index >= 15 is 0 Å². The van der Waals surface area contributed by atoms with E-state index in [1.54, 1.807) is 0 Å². The molecule has 0 radical (unpaired) electrons. The average Bonchev–Trinajstić information content (AvgIpc) is 2.65. The Balaban J connectivity index is 5.01. The fourth-order valence-electron chi connectivity index (χ4n) is 5.22. The summed E-state index contributed by atoms with van der Waals surface area (Å²) in [6.07, 6.45) is 9.32. The Morgan fingerprint density at radius 3 is 1.79 bits per heavy atom. The minimum absolute atomic E-state index is 0.461. The lowest BCUT2D eigenvalue weighted by Gasteiger charge is -2.38. The molecule has 0 saturated heterocycles. The highest BCUT2D eigenvalue weighted by Gasteiger charge is 2.31. The molecule has 0 amide bonds. The molecule has 0 aliphatic rings. The summed E-state index contributed by atoms with van der Waals surface area (Å²) in [6.45, 7) is 32.0. The zero-order valence-corrected chi connectivity index (χ0v) is 21.7. The molecule has 0 aliphatic heterocycles. The van der Waals surface area contributed by atoms with Gasteiger partial charge in [0.05, 0.1) is 0 Å². The van der Waals surface area contributed by atoms with Crippen molar-refractivity contribution in [2.45, 2.75) is 107 Å². The van der Waals surface area contributed by atoms with Crippen LogP contribution in [0.25, 0.3) is 0 Å². The molecule has 0 rings (SSSR count). The summed E-state index contributed by atoms with van der Waals surface area (Å²) < 4.78 is 0. The number of rotatable bonds is 16. The van der Waals surface area contributed by atoms with Crippen molar-refractivity contribution in [1.29, 1.82) is 0 Å². The highest BCUT2D eigenvalue weighted by Crippen LogP contribution is 2.33. The Hall–Kier alpha value is -0.560. The first-order valence-corrected chi connectivity index (χ1v) is 12.5. The Kier molecular flexibility index (Phi) is 14.2. The van der Waals surface area contributed by atoms with E-state index < -0.39 is 0 Å². The van der Waals surface area contributed by atoms with Gasteiger partial charge in [0.15, 0.2) is 0 Å². The van der Waals surface area contributed by atoms with Crippen LogP contribution in [0, 0.1) is 47.3 Å². The summed E-state index contributed by atoms with van der Waals surface area (Å²) in [5, 5.41) is 3.98. The maximum atomic E-state index is 4.22. The Morgan fingerprint density at radius 2 is 1.38 bits per heavy atom. The first-order chi connectivity index (χ1) is 13.5. The van der Waals surface area contributed by atoms with Crippen LogP contribution in [0.5, 0.6) is 0 Å². The van der Waals surface area contributed by atoms with Gasteiger partial charge < -0.3 is 5.32 Å². The lowest BCUT2D eigenvalue weighted by molar-refractivity contribution is 0.165. The van der Waals surface area contributed by atoms with Crippen LogP contribution in [0.2, 0.25) is 0 Å². The molecule has 0 aromatic heterocycles. The third-order valence-corrected chi connectivity index (χ3v) is 7.77. The van der Waals surface area contributed by atoms with Crippen molar-refractivity contribution in [3.8, 4) is 0 Å². The van der Waals surface area contributed by atoms with Gasteiger partial charge in [0, 0.05) is 12.1 Å². The molecule has 8 unspecified atom stereocenters. The molecule has 8 atom stereocenters. The zero-order chi connectivity index (χ0) is 22.7. The van der Waals surface area contributed by atoms with Gasteiger partial charge in [-0.1, -0.05) is 74.0 Å². The van der Waals surface area contributed by atoms with Crippen molar-refractivity contribution >= 4 is 0 Å². The van der Waals surface area contributed by atoms with E-state index in [1.807, 2.05) is 0 Å². The van der Waals surface area contributed by atoms with E-state index in [9.17, 15) is 0 Å². The maximum absolute atomic E-state index is 4.22. The van der Waals surface area contributed by atoms with E-state index in [2.05, 4.69) is 99.9 Å². The molecule has 1 N–H and O–H groups in total. The molecule has 0 heterocycles. The first-order valence-electron chi connectivity index (χ1n) is 12.5. The minimum atomic E-state index is 0.461. The van der Waals surface area contributed by atoms with E-state index in [0.29, 0.717) is 41.7 Å². The molecule has 0 bridgehead atoms. The Bertz CT molecular complexity index is 438. The van der Waals surface area contributed by atoms with Gasteiger partial charge in [-0.2, -0.15) is 0 Å². The summed E-state index contributed by atoms with van der Waals surface area (Å²) in [5.41, 5.74) is 0. The summed E-state index contributed by atoms with van der Waals surface area (Å²) >= 11 is 0. The van der Waals surface area contributed by atoms with E-state index in [4.69, 9.17) is 0 Å². The van der Waals surface area contributed by atoms with Crippen LogP contribution >= 0.6 is 0 Å². The third-order valence-electron chi connectivity index (χ3n) is 7.77. The van der Waals surface area contributed by atoms with Crippen LogP contribution in [-0.2, 0) is 0 Å². The van der Waals surface area contributed by atoms with Crippen molar-refractivity contribution in [2.75, 3.05) is 0 Å². The highest BCUT2D eigenvalue weighted by atomic mass is 15.0. The normalized spacial score (nSPS) is 20.6. The number of hydrogen-bond acceptors (Lipinski definition) is 1. The predicted molar refractivity (Wildman–Crippen MR) is 134 cm³/mol. The maximum Gasteiger partial charge on any atom is 0.0107 e. The fraction of sp³-hybridized carbons (Fsp3) is 0.857. The summed E-state index contributed by atoms with van der Waals surface area (Å²) in [6, 6.07) is 0.971. The van der Waals surface area contributed by atoms with Crippen LogP contribution in [0.4, 0.5) is 0 Å². The topological polar surface area (TPSA) is 12.0 Å². The molecule has 0 aromatic rings. The van der Waals surface area contributed by atoms with E-state index in [0.717, 1.165) is 24.2 Å². The van der Waals surface area contributed by atoms with Gasteiger partial charge in [0.25, 0.3) is 0 Å².